The van der Waals surface area contributed by atoms with Crippen LogP contribution in [0.25, 0.3) is 10.4 Å². The van der Waals surface area contributed by atoms with Gasteiger partial charge in [-0.1, -0.05) is 5.11 Å². The number of phosphoric acid groups is 1. The summed E-state index contributed by atoms with van der Waals surface area (Å²) in [6, 6.07) is -1.81. The maximum atomic E-state index is 12.0. The average molecular weight is 365 g/mol. The normalized spacial score (nSPS) is 38.9. The summed E-state index contributed by atoms with van der Waals surface area (Å²) in [6.07, 6.45) is -6.96. The Balaban J connectivity index is 3.31. The lowest BCUT2D eigenvalue weighted by Gasteiger charge is -2.47. The van der Waals surface area contributed by atoms with E-state index in [1.165, 1.54) is 0 Å². The molecule has 1 heterocycles. The number of aliphatic hydroxyl groups excluding tert-OH is 4. The number of azide groups is 1. The molecule has 0 aliphatic carbocycles. The van der Waals surface area contributed by atoms with E-state index >= 15 is 0 Å². The molecule has 0 aromatic carbocycles. The van der Waals surface area contributed by atoms with Crippen molar-refractivity contribution in [2.45, 2.75) is 29.9 Å². The maximum Gasteiger partial charge on any atom is 0.476 e. The van der Waals surface area contributed by atoms with Gasteiger partial charge >= 0.3 is 15.4 Å². The average Bonchev–Trinajstić information content (AvgIpc) is 2.36. The SMILES string of the molecule is [N-]=[N+]=N[C@H]1[C@@H](O)[C@H](O)[C@](CO)(P(=O)(O)OP(=O)(O)O)O[C@@H]1O. The highest BCUT2D eigenvalue weighted by molar-refractivity contribution is 7.64. The Hall–Kier alpha value is -0.590. The summed E-state index contributed by atoms with van der Waals surface area (Å²) in [7, 11) is -11.2. The third-order valence-electron chi connectivity index (χ3n) is 2.86. The molecule has 128 valence electrons. The number of nitrogens with zero attached hydrogens (tertiary/aromatic N) is 3. The van der Waals surface area contributed by atoms with Crippen molar-refractivity contribution in [1.29, 1.82) is 0 Å². The molecular weight excluding hydrogens is 352 g/mol. The lowest BCUT2D eigenvalue weighted by Crippen LogP contribution is -2.65. The van der Waals surface area contributed by atoms with E-state index in [1.54, 1.807) is 0 Å². The molecule has 1 unspecified atom stereocenters. The van der Waals surface area contributed by atoms with E-state index in [0.29, 0.717) is 0 Å². The van der Waals surface area contributed by atoms with E-state index in [1.807, 2.05) is 0 Å². The summed E-state index contributed by atoms with van der Waals surface area (Å²) >= 11 is 0. The molecule has 1 rings (SSSR count). The van der Waals surface area contributed by atoms with Crippen molar-refractivity contribution in [3.8, 4) is 0 Å². The fourth-order valence-corrected chi connectivity index (χ4v) is 4.44. The molecule has 22 heavy (non-hydrogen) atoms. The van der Waals surface area contributed by atoms with E-state index in [4.69, 9.17) is 15.3 Å². The summed E-state index contributed by atoms with van der Waals surface area (Å²) < 4.78 is 30.8. The first-order valence-electron chi connectivity index (χ1n) is 5.38. The Kier molecular flexibility index (Phi) is 5.74. The van der Waals surface area contributed by atoms with Gasteiger partial charge in [0, 0.05) is 4.91 Å². The van der Waals surface area contributed by atoms with Gasteiger partial charge in [0.05, 0.1) is 12.7 Å². The zero-order valence-corrected chi connectivity index (χ0v) is 12.3. The standard InChI is InChI=1S/C6H13N3O11P2/c7-9-8-2-3(11)4(12)6(1-10,19-5(2)13)21(14,15)20-22(16,17)18/h2-5,10-13H,1H2,(H,14,15)(H2,16,17,18)/t2-,3+,4-,5-,6-/m0/s1. The van der Waals surface area contributed by atoms with Crippen LogP contribution in [-0.4, -0.2) is 71.6 Å². The topological polar surface area (TPSA) is 243 Å². The van der Waals surface area contributed by atoms with Gasteiger partial charge in [-0.05, 0) is 5.53 Å². The van der Waals surface area contributed by atoms with Crippen molar-refractivity contribution in [2.24, 2.45) is 5.11 Å². The van der Waals surface area contributed by atoms with Crippen LogP contribution in [0.1, 0.15) is 0 Å². The Morgan fingerprint density at radius 2 is 1.82 bits per heavy atom. The Labute approximate surface area is 121 Å². The first-order valence-corrected chi connectivity index (χ1v) is 8.49. The second-order valence-corrected chi connectivity index (χ2v) is 7.67. The van der Waals surface area contributed by atoms with Crippen LogP contribution in [0.15, 0.2) is 5.11 Å². The minimum Gasteiger partial charge on any atom is -0.393 e. The van der Waals surface area contributed by atoms with Gasteiger partial charge < -0.3 is 39.8 Å². The molecule has 6 atom stereocenters. The molecule has 0 radical (unpaired) electrons. The summed E-state index contributed by atoms with van der Waals surface area (Å²) in [5, 5.41) is 38.1. The number of aliphatic hydroxyl groups is 4. The van der Waals surface area contributed by atoms with Crippen LogP contribution in [0.4, 0.5) is 0 Å². The molecule has 0 spiro atoms. The zero-order valence-electron chi connectivity index (χ0n) is 10.5. The van der Waals surface area contributed by atoms with Crippen molar-refractivity contribution in [1.82, 2.24) is 0 Å². The number of hydrogen-bond acceptors (Lipinski definition) is 9. The second kappa shape index (κ2) is 6.49. The van der Waals surface area contributed by atoms with Gasteiger partial charge in [-0.2, -0.15) is 0 Å². The van der Waals surface area contributed by atoms with Gasteiger partial charge in [-0.25, -0.2) is 8.88 Å². The summed E-state index contributed by atoms with van der Waals surface area (Å²) in [6.45, 7) is -1.57. The second-order valence-electron chi connectivity index (χ2n) is 4.23. The molecule has 16 heteroatoms. The van der Waals surface area contributed by atoms with Crippen LogP contribution in [0.5, 0.6) is 0 Å². The van der Waals surface area contributed by atoms with Gasteiger partial charge in [0.1, 0.15) is 12.1 Å². The lowest BCUT2D eigenvalue weighted by molar-refractivity contribution is -0.271. The van der Waals surface area contributed by atoms with Crippen molar-refractivity contribution >= 4 is 15.4 Å². The first-order chi connectivity index (χ1) is 9.92. The third-order valence-corrected chi connectivity index (χ3v) is 6.06. The largest absolute Gasteiger partial charge is 0.476 e. The first kappa shape index (κ1) is 19.5. The van der Waals surface area contributed by atoms with Gasteiger partial charge in [0.15, 0.2) is 6.29 Å². The predicted octanol–water partition coefficient (Wildman–Crippen LogP) is -2.28. The van der Waals surface area contributed by atoms with Crippen molar-refractivity contribution in [3.63, 3.8) is 0 Å². The number of ether oxygens (including phenoxy) is 1. The van der Waals surface area contributed by atoms with Crippen LogP contribution < -0.4 is 0 Å². The summed E-state index contributed by atoms with van der Waals surface area (Å²) in [5.74, 6) is 0. The Bertz CT molecular complexity index is 560. The highest BCUT2D eigenvalue weighted by Crippen LogP contribution is 2.67. The molecule has 0 aromatic rings. The monoisotopic (exact) mass is 365 g/mol. The van der Waals surface area contributed by atoms with Gasteiger partial charge in [0.2, 0.25) is 5.34 Å². The molecule has 0 aromatic heterocycles. The summed E-state index contributed by atoms with van der Waals surface area (Å²) in [4.78, 5) is 29.1. The minimum atomic E-state index is -5.64. The van der Waals surface area contributed by atoms with Crippen LogP contribution in [0.2, 0.25) is 0 Å². The molecule has 1 aliphatic rings. The van der Waals surface area contributed by atoms with Gasteiger partial charge in [-0.15, -0.1) is 0 Å². The van der Waals surface area contributed by atoms with Crippen molar-refractivity contribution in [3.05, 3.63) is 10.4 Å². The molecule has 0 amide bonds. The van der Waals surface area contributed by atoms with Crippen LogP contribution in [-0.2, 0) is 18.2 Å². The van der Waals surface area contributed by atoms with E-state index in [9.17, 15) is 34.4 Å². The van der Waals surface area contributed by atoms with Gasteiger partial charge in [0.25, 0.3) is 0 Å². The van der Waals surface area contributed by atoms with E-state index < -0.39 is 51.9 Å². The van der Waals surface area contributed by atoms with E-state index in [2.05, 4.69) is 19.1 Å². The van der Waals surface area contributed by atoms with Gasteiger partial charge in [-0.3, -0.25) is 4.57 Å². The Morgan fingerprint density at radius 3 is 2.23 bits per heavy atom. The smallest absolute Gasteiger partial charge is 0.393 e. The molecule has 1 aliphatic heterocycles. The van der Waals surface area contributed by atoms with E-state index in [-0.39, 0.29) is 0 Å². The fraction of sp³-hybridized carbons (Fsp3) is 1.00. The minimum absolute atomic E-state index is 1.57. The molecular formula is C6H13N3O11P2. The lowest BCUT2D eigenvalue weighted by atomic mass is 9.97. The van der Waals surface area contributed by atoms with Crippen LogP contribution in [0.3, 0.4) is 0 Å². The molecule has 0 saturated carbocycles. The molecule has 7 N–H and O–H groups in total. The van der Waals surface area contributed by atoms with Crippen molar-refractivity contribution < 1.29 is 53.3 Å². The summed E-state index contributed by atoms with van der Waals surface area (Å²) in [5.41, 5.74) is 8.26. The quantitative estimate of drug-likeness (QED) is 0.118. The highest BCUT2D eigenvalue weighted by Gasteiger charge is 2.65. The van der Waals surface area contributed by atoms with Crippen LogP contribution in [0, 0.1) is 0 Å². The molecule has 1 fully saturated rings. The third kappa shape index (κ3) is 3.49. The van der Waals surface area contributed by atoms with Crippen LogP contribution >= 0.6 is 15.4 Å². The Morgan fingerprint density at radius 1 is 1.27 bits per heavy atom. The zero-order chi connectivity index (χ0) is 17.3. The van der Waals surface area contributed by atoms with Crippen molar-refractivity contribution in [2.75, 3.05) is 6.61 Å². The highest BCUT2D eigenvalue weighted by atomic mass is 31.3. The fourth-order valence-electron chi connectivity index (χ4n) is 1.82. The number of rotatable bonds is 5. The predicted molar refractivity (Wildman–Crippen MR) is 64.8 cm³/mol. The maximum absolute atomic E-state index is 12.0. The molecule has 1 saturated heterocycles. The number of hydrogen-bond donors (Lipinski definition) is 7. The molecule has 0 bridgehead atoms. The van der Waals surface area contributed by atoms with E-state index in [0.717, 1.165) is 0 Å². The molecule has 14 nitrogen and oxygen atoms in total.